The van der Waals surface area contributed by atoms with Crippen LogP contribution in [0.1, 0.15) is 37.8 Å². The molecule has 3 aromatic rings. The Bertz CT molecular complexity index is 1110. The van der Waals surface area contributed by atoms with E-state index in [1.54, 1.807) is 6.07 Å². The summed E-state index contributed by atoms with van der Waals surface area (Å²) in [6.45, 7) is 3.77. The molecule has 1 saturated heterocycles. The van der Waals surface area contributed by atoms with E-state index < -0.39 is 0 Å². The molecule has 1 aliphatic carbocycles. The highest BCUT2D eigenvalue weighted by Crippen LogP contribution is 2.26. The van der Waals surface area contributed by atoms with Crippen LogP contribution in [0.25, 0.3) is 15.5 Å². The van der Waals surface area contributed by atoms with Gasteiger partial charge >= 0.3 is 0 Å². The number of nitrogens with zero attached hydrogens (tertiary/aromatic N) is 5. The summed E-state index contributed by atoms with van der Waals surface area (Å²) in [5, 5.41) is 5.24. The molecule has 162 valence electrons. The smallest absolute Gasteiger partial charge is 0.275 e. The van der Waals surface area contributed by atoms with Crippen molar-refractivity contribution in [2.75, 3.05) is 26.2 Å². The van der Waals surface area contributed by atoms with Gasteiger partial charge in [0.15, 0.2) is 0 Å². The van der Waals surface area contributed by atoms with Crippen LogP contribution >= 0.6 is 11.3 Å². The largest absolute Gasteiger partial charge is 0.340 e. The van der Waals surface area contributed by atoms with Gasteiger partial charge in [-0.1, -0.05) is 60.9 Å². The summed E-state index contributed by atoms with van der Waals surface area (Å²) in [6, 6.07) is 11.4. The Morgan fingerprint density at radius 2 is 1.77 bits per heavy atom. The van der Waals surface area contributed by atoms with Gasteiger partial charge < -0.3 is 4.90 Å². The predicted molar refractivity (Wildman–Crippen MR) is 121 cm³/mol. The Morgan fingerprint density at radius 1 is 1.03 bits per heavy atom. The van der Waals surface area contributed by atoms with Crippen LogP contribution in [0.2, 0.25) is 0 Å². The fourth-order valence-electron chi connectivity index (χ4n) is 4.60. The number of amides is 1. The molecule has 0 unspecified atom stereocenters. The van der Waals surface area contributed by atoms with Crippen LogP contribution in [-0.4, -0.2) is 56.5 Å². The maximum Gasteiger partial charge on any atom is 0.275 e. The Morgan fingerprint density at radius 3 is 2.52 bits per heavy atom. The van der Waals surface area contributed by atoms with E-state index in [2.05, 4.69) is 10.00 Å². The number of rotatable bonds is 4. The highest BCUT2D eigenvalue weighted by molar-refractivity contribution is 7.19. The summed E-state index contributed by atoms with van der Waals surface area (Å²) in [5.41, 5.74) is 1.60. The second-order valence-corrected chi connectivity index (χ2v) is 9.45. The molecule has 7 nitrogen and oxygen atoms in total. The fourth-order valence-corrected chi connectivity index (χ4v) is 5.53. The Balaban J connectivity index is 1.25. The number of benzene rings is 1. The highest BCUT2D eigenvalue weighted by Gasteiger charge is 2.28. The number of hydrogen-bond donors (Lipinski definition) is 0. The summed E-state index contributed by atoms with van der Waals surface area (Å²) in [6.07, 6.45) is 5.73. The van der Waals surface area contributed by atoms with Gasteiger partial charge in [0.25, 0.3) is 5.56 Å². The maximum absolute atomic E-state index is 12.8. The lowest BCUT2D eigenvalue weighted by molar-refractivity contribution is -0.138. The molecule has 5 rings (SSSR count). The van der Waals surface area contributed by atoms with E-state index in [0.717, 1.165) is 55.3 Å². The van der Waals surface area contributed by atoms with Crippen molar-refractivity contribution in [3.05, 3.63) is 52.4 Å². The molecule has 0 spiro atoms. The topological polar surface area (TPSA) is 70.8 Å². The lowest BCUT2D eigenvalue weighted by Gasteiger charge is -2.37. The summed E-state index contributed by atoms with van der Waals surface area (Å²) in [7, 11) is 0. The Hall–Kier alpha value is -2.58. The van der Waals surface area contributed by atoms with Crippen molar-refractivity contribution in [3.63, 3.8) is 0 Å². The standard InChI is InChI=1S/C23H27N5O2S/c29-20-15-19(24-23-28(20)25-21(31-23)17-7-3-1-4-8-17)16-26-11-13-27(14-12-26)22(30)18-9-5-2-6-10-18/h1,3-4,7-8,15,18H,2,5-6,9-14,16H2. The fraction of sp³-hybridized carbons (Fsp3) is 0.478. The second-order valence-electron chi connectivity index (χ2n) is 8.49. The third-order valence-corrected chi connectivity index (χ3v) is 7.30. The van der Waals surface area contributed by atoms with Gasteiger partial charge in [0, 0.05) is 50.3 Å². The Kier molecular flexibility index (Phi) is 5.82. The summed E-state index contributed by atoms with van der Waals surface area (Å²) < 4.78 is 1.39. The molecule has 0 atom stereocenters. The van der Waals surface area contributed by atoms with Gasteiger partial charge in [-0.25, -0.2) is 4.98 Å². The summed E-state index contributed by atoms with van der Waals surface area (Å²) in [5.74, 6) is 0.574. The minimum Gasteiger partial charge on any atom is -0.340 e. The van der Waals surface area contributed by atoms with Gasteiger partial charge in [-0.3, -0.25) is 14.5 Å². The van der Waals surface area contributed by atoms with Crippen LogP contribution in [0.4, 0.5) is 0 Å². The SMILES string of the molecule is O=C(C1CCCCC1)N1CCN(Cc2cc(=O)n3nc(-c4ccccc4)sc3n2)CC1. The van der Waals surface area contributed by atoms with E-state index >= 15 is 0 Å². The van der Waals surface area contributed by atoms with Gasteiger partial charge in [0.05, 0.1) is 5.69 Å². The van der Waals surface area contributed by atoms with E-state index in [1.807, 2.05) is 35.2 Å². The van der Waals surface area contributed by atoms with Crippen LogP contribution in [0.15, 0.2) is 41.2 Å². The van der Waals surface area contributed by atoms with Crippen LogP contribution in [0, 0.1) is 5.92 Å². The quantitative estimate of drug-likeness (QED) is 0.627. The van der Waals surface area contributed by atoms with E-state index in [1.165, 1.54) is 35.1 Å². The zero-order valence-corrected chi connectivity index (χ0v) is 18.4. The van der Waals surface area contributed by atoms with E-state index in [0.29, 0.717) is 17.4 Å². The number of aromatic nitrogens is 3. The Labute approximate surface area is 185 Å². The molecule has 0 N–H and O–H groups in total. The van der Waals surface area contributed by atoms with E-state index in [4.69, 9.17) is 4.98 Å². The molecule has 0 bridgehead atoms. The summed E-state index contributed by atoms with van der Waals surface area (Å²) >= 11 is 1.43. The van der Waals surface area contributed by atoms with Gasteiger partial charge in [-0.15, -0.1) is 0 Å². The molecule has 1 amide bonds. The zero-order valence-electron chi connectivity index (χ0n) is 17.6. The molecular weight excluding hydrogens is 410 g/mol. The molecular formula is C23H27N5O2S. The van der Waals surface area contributed by atoms with Crippen LogP contribution in [0.3, 0.4) is 0 Å². The predicted octanol–water partition coefficient (Wildman–Crippen LogP) is 3.04. The third kappa shape index (κ3) is 4.41. The van der Waals surface area contributed by atoms with Crippen molar-refractivity contribution in [1.29, 1.82) is 0 Å². The number of carbonyl (C=O) groups excluding carboxylic acids is 1. The third-order valence-electron chi connectivity index (χ3n) is 6.34. The monoisotopic (exact) mass is 437 g/mol. The molecule has 1 saturated carbocycles. The maximum atomic E-state index is 12.8. The number of carbonyl (C=O) groups is 1. The van der Waals surface area contributed by atoms with E-state index in [9.17, 15) is 9.59 Å². The van der Waals surface area contributed by atoms with E-state index in [-0.39, 0.29) is 11.5 Å². The van der Waals surface area contributed by atoms with Gasteiger partial charge in [-0.2, -0.15) is 9.61 Å². The first-order valence-corrected chi connectivity index (χ1v) is 12.0. The van der Waals surface area contributed by atoms with Crippen molar-refractivity contribution in [2.45, 2.75) is 38.6 Å². The van der Waals surface area contributed by atoms with Crippen molar-refractivity contribution < 1.29 is 4.79 Å². The minimum atomic E-state index is -0.149. The average molecular weight is 438 g/mol. The van der Waals surface area contributed by atoms with Crippen molar-refractivity contribution in [1.82, 2.24) is 24.4 Å². The van der Waals surface area contributed by atoms with Crippen molar-refractivity contribution in [2.24, 2.45) is 5.92 Å². The minimum absolute atomic E-state index is 0.149. The first kappa shape index (κ1) is 20.3. The lowest BCUT2D eigenvalue weighted by Crippen LogP contribution is -2.50. The first-order chi connectivity index (χ1) is 15.2. The molecule has 0 radical (unpaired) electrons. The normalized spacial score (nSPS) is 18.5. The van der Waals surface area contributed by atoms with Gasteiger partial charge in [-0.05, 0) is 12.8 Å². The molecule has 2 aromatic heterocycles. The molecule has 8 heteroatoms. The highest BCUT2D eigenvalue weighted by atomic mass is 32.1. The van der Waals surface area contributed by atoms with Crippen LogP contribution in [-0.2, 0) is 11.3 Å². The lowest BCUT2D eigenvalue weighted by atomic mass is 9.88. The molecule has 1 aliphatic heterocycles. The number of fused-ring (bicyclic) bond motifs is 1. The second kappa shape index (κ2) is 8.88. The van der Waals surface area contributed by atoms with Crippen LogP contribution in [0.5, 0.6) is 0 Å². The molecule has 2 aliphatic rings. The summed E-state index contributed by atoms with van der Waals surface area (Å²) in [4.78, 5) is 35.0. The first-order valence-electron chi connectivity index (χ1n) is 11.1. The van der Waals surface area contributed by atoms with Crippen molar-refractivity contribution in [3.8, 4) is 10.6 Å². The van der Waals surface area contributed by atoms with Gasteiger partial charge in [0.1, 0.15) is 5.01 Å². The molecule has 1 aromatic carbocycles. The van der Waals surface area contributed by atoms with Crippen molar-refractivity contribution >= 4 is 22.2 Å². The van der Waals surface area contributed by atoms with Gasteiger partial charge in [0.2, 0.25) is 10.9 Å². The van der Waals surface area contributed by atoms with Crippen LogP contribution < -0.4 is 5.56 Å². The molecule has 31 heavy (non-hydrogen) atoms. The number of piperazine rings is 1. The zero-order chi connectivity index (χ0) is 21.2. The molecule has 2 fully saturated rings. The number of hydrogen-bond acceptors (Lipinski definition) is 6. The average Bonchev–Trinajstić information content (AvgIpc) is 3.25. The molecule has 3 heterocycles.